The fourth-order valence-electron chi connectivity index (χ4n) is 0.240. The first-order valence-corrected chi connectivity index (χ1v) is 5.04. The maximum Gasteiger partial charge on any atom is 0.573 e. The molecular formula is C5H10O5S4. The maximum atomic E-state index is 10.7. The standard InChI is InChI=1S/C5H10O5S4/c1-4(11,12)9-7-3(6)8-10-5(2,13)14/h11-14H,1-2H3. The van der Waals surface area contributed by atoms with Crippen LogP contribution in [0, 0.1) is 0 Å². The van der Waals surface area contributed by atoms with Crippen molar-refractivity contribution in [1.82, 2.24) is 0 Å². The smallest absolute Gasteiger partial charge is 0.255 e. The van der Waals surface area contributed by atoms with Crippen LogP contribution >= 0.6 is 50.5 Å². The highest BCUT2D eigenvalue weighted by molar-refractivity contribution is 8.00. The molecule has 0 unspecified atom stereocenters. The fraction of sp³-hybridized carbons (Fsp3) is 0.800. The molecule has 0 radical (unpaired) electrons. The molecule has 0 aliphatic rings. The van der Waals surface area contributed by atoms with E-state index in [2.05, 4.69) is 70.1 Å². The van der Waals surface area contributed by atoms with Gasteiger partial charge in [0.25, 0.3) is 0 Å². The zero-order valence-corrected chi connectivity index (χ0v) is 10.9. The Balaban J connectivity index is 3.68. The van der Waals surface area contributed by atoms with E-state index in [1.165, 1.54) is 13.8 Å². The van der Waals surface area contributed by atoms with Crippen molar-refractivity contribution in [3.05, 3.63) is 0 Å². The molecule has 0 aromatic carbocycles. The maximum absolute atomic E-state index is 10.7. The average molecular weight is 278 g/mol. The van der Waals surface area contributed by atoms with E-state index in [-0.39, 0.29) is 0 Å². The number of hydrogen-bond donors (Lipinski definition) is 4. The Morgan fingerprint density at radius 2 is 1.21 bits per heavy atom. The van der Waals surface area contributed by atoms with Crippen molar-refractivity contribution < 1.29 is 24.3 Å². The van der Waals surface area contributed by atoms with Crippen LogP contribution in [-0.4, -0.2) is 14.7 Å². The number of carbonyl (C=O) groups excluding carboxylic acids is 1. The van der Waals surface area contributed by atoms with Crippen molar-refractivity contribution in [3.63, 3.8) is 0 Å². The van der Waals surface area contributed by atoms with Gasteiger partial charge in [0.1, 0.15) is 0 Å². The summed E-state index contributed by atoms with van der Waals surface area (Å²) in [6.45, 7) is 2.88. The molecule has 0 amide bonds. The van der Waals surface area contributed by atoms with Gasteiger partial charge in [-0.25, -0.2) is 0 Å². The molecule has 0 bridgehead atoms. The SMILES string of the molecule is CC(S)(S)OOC(=O)OOC(C)(S)S. The molecule has 0 fully saturated rings. The summed E-state index contributed by atoms with van der Waals surface area (Å²) < 4.78 is -2.44. The molecular weight excluding hydrogens is 268 g/mol. The second-order valence-corrected chi connectivity index (χ2v) is 6.57. The van der Waals surface area contributed by atoms with Crippen molar-refractivity contribution >= 4 is 56.7 Å². The van der Waals surface area contributed by atoms with E-state index < -0.39 is 14.7 Å². The molecule has 84 valence electrons. The van der Waals surface area contributed by atoms with Crippen LogP contribution < -0.4 is 0 Å². The molecule has 0 saturated heterocycles. The first-order valence-electron chi connectivity index (χ1n) is 3.25. The van der Waals surface area contributed by atoms with E-state index in [0.717, 1.165) is 0 Å². The molecule has 0 aliphatic heterocycles. The minimum atomic E-state index is -1.22. The van der Waals surface area contributed by atoms with Crippen LogP contribution in [0.25, 0.3) is 0 Å². The van der Waals surface area contributed by atoms with Gasteiger partial charge in [0.15, 0.2) is 8.53 Å². The second kappa shape index (κ2) is 5.61. The van der Waals surface area contributed by atoms with Gasteiger partial charge in [0.05, 0.1) is 0 Å². The van der Waals surface area contributed by atoms with Gasteiger partial charge in [-0.1, -0.05) is 0 Å². The largest absolute Gasteiger partial charge is 0.573 e. The molecule has 0 aromatic heterocycles. The van der Waals surface area contributed by atoms with E-state index in [0.29, 0.717) is 0 Å². The summed E-state index contributed by atoms with van der Waals surface area (Å²) >= 11 is 15.2. The Morgan fingerprint density at radius 3 is 1.43 bits per heavy atom. The third kappa shape index (κ3) is 10.7. The molecule has 0 atom stereocenters. The predicted octanol–water partition coefficient (Wildman–Crippen LogP) is 2.07. The third-order valence-corrected chi connectivity index (χ3v) is 0.833. The van der Waals surface area contributed by atoms with E-state index >= 15 is 0 Å². The lowest BCUT2D eigenvalue weighted by Crippen LogP contribution is -2.21. The van der Waals surface area contributed by atoms with Crippen LogP contribution in [0.15, 0.2) is 0 Å². The first kappa shape index (κ1) is 14.6. The zero-order valence-electron chi connectivity index (χ0n) is 7.33. The molecule has 0 aromatic rings. The van der Waals surface area contributed by atoms with Gasteiger partial charge in [-0.15, -0.1) is 50.5 Å². The Labute approximate surface area is 103 Å². The van der Waals surface area contributed by atoms with Gasteiger partial charge < -0.3 is 0 Å². The highest BCUT2D eigenvalue weighted by Crippen LogP contribution is 2.22. The summed E-state index contributed by atoms with van der Waals surface area (Å²) in [6, 6.07) is 0. The number of rotatable bonds is 4. The van der Waals surface area contributed by atoms with Gasteiger partial charge in [-0.05, 0) is 13.8 Å². The fourth-order valence-corrected chi connectivity index (χ4v) is 0.389. The quantitative estimate of drug-likeness (QED) is 0.274. The van der Waals surface area contributed by atoms with Crippen molar-refractivity contribution in [2.45, 2.75) is 22.4 Å². The van der Waals surface area contributed by atoms with Gasteiger partial charge in [0, 0.05) is 0 Å². The third-order valence-electron chi connectivity index (χ3n) is 0.535. The molecule has 0 saturated carbocycles. The summed E-state index contributed by atoms with van der Waals surface area (Å²) in [5, 5.41) is 0. The predicted molar refractivity (Wildman–Crippen MR) is 62.5 cm³/mol. The Kier molecular flexibility index (Phi) is 5.85. The normalized spacial score (nSPS) is 12.4. The first-order chi connectivity index (χ1) is 6.10. The highest BCUT2D eigenvalue weighted by atomic mass is 32.2. The van der Waals surface area contributed by atoms with Crippen LogP contribution in [0.3, 0.4) is 0 Å². The van der Waals surface area contributed by atoms with Gasteiger partial charge in [0.2, 0.25) is 0 Å². The minimum Gasteiger partial charge on any atom is -0.255 e. The van der Waals surface area contributed by atoms with Crippen molar-refractivity contribution in [2.24, 2.45) is 0 Å². The van der Waals surface area contributed by atoms with Crippen LogP contribution in [0.2, 0.25) is 0 Å². The lowest BCUT2D eigenvalue weighted by Gasteiger charge is -2.16. The summed E-state index contributed by atoms with van der Waals surface area (Å²) in [7, 11) is 0. The summed E-state index contributed by atoms with van der Waals surface area (Å²) in [5.74, 6) is 0. The second-order valence-electron chi connectivity index (χ2n) is 2.45. The van der Waals surface area contributed by atoms with E-state index in [9.17, 15) is 4.79 Å². The molecule has 0 rings (SSSR count). The molecule has 0 spiro atoms. The Hall–Kier alpha value is 0.590. The average Bonchev–Trinajstić information content (AvgIpc) is 1.94. The Morgan fingerprint density at radius 1 is 0.929 bits per heavy atom. The van der Waals surface area contributed by atoms with Crippen LogP contribution in [0.4, 0.5) is 4.79 Å². The topological polar surface area (TPSA) is 54.0 Å². The molecule has 0 aliphatic carbocycles. The number of hydrogen-bond acceptors (Lipinski definition) is 9. The van der Waals surface area contributed by atoms with Gasteiger partial charge in [-0.2, -0.15) is 14.6 Å². The van der Waals surface area contributed by atoms with Crippen molar-refractivity contribution in [3.8, 4) is 0 Å². The van der Waals surface area contributed by atoms with E-state index in [1.54, 1.807) is 0 Å². The summed E-state index contributed by atoms with van der Waals surface area (Å²) in [5.41, 5.74) is 0. The number of carbonyl (C=O) groups is 1. The molecule has 5 nitrogen and oxygen atoms in total. The summed E-state index contributed by atoms with van der Waals surface area (Å²) in [6.07, 6.45) is -1.21. The van der Waals surface area contributed by atoms with Crippen molar-refractivity contribution in [1.29, 1.82) is 0 Å². The molecule has 0 heterocycles. The zero-order chi connectivity index (χ0) is 11.4. The molecule has 14 heavy (non-hydrogen) atoms. The summed E-state index contributed by atoms with van der Waals surface area (Å²) in [4.78, 5) is 27.7. The van der Waals surface area contributed by atoms with Gasteiger partial charge in [-0.3, -0.25) is 9.78 Å². The monoisotopic (exact) mass is 278 g/mol. The lowest BCUT2D eigenvalue weighted by atomic mass is 10.8. The molecule has 0 N–H and O–H groups in total. The van der Waals surface area contributed by atoms with E-state index in [1.807, 2.05) is 0 Å². The van der Waals surface area contributed by atoms with Crippen LogP contribution in [0.5, 0.6) is 0 Å². The van der Waals surface area contributed by atoms with Crippen molar-refractivity contribution in [2.75, 3.05) is 0 Å². The minimum absolute atomic E-state index is 1.21. The van der Waals surface area contributed by atoms with Crippen LogP contribution in [0.1, 0.15) is 13.8 Å². The van der Waals surface area contributed by atoms with Gasteiger partial charge >= 0.3 is 6.16 Å². The van der Waals surface area contributed by atoms with E-state index in [4.69, 9.17) is 0 Å². The van der Waals surface area contributed by atoms with Crippen LogP contribution in [-0.2, 0) is 19.6 Å². The lowest BCUT2D eigenvalue weighted by molar-refractivity contribution is -0.333. The Bertz CT molecular complexity index is 175. The molecule has 9 heteroatoms. The highest BCUT2D eigenvalue weighted by Gasteiger charge is 2.22. The number of thiol groups is 4.